The van der Waals surface area contributed by atoms with E-state index in [9.17, 15) is 4.79 Å². The van der Waals surface area contributed by atoms with Gasteiger partial charge in [0.1, 0.15) is 5.78 Å². The minimum atomic E-state index is 0.300. The van der Waals surface area contributed by atoms with E-state index in [4.69, 9.17) is 0 Å². The predicted octanol–water partition coefficient (Wildman–Crippen LogP) is 7.86. The summed E-state index contributed by atoms with van der Waals surface area (Å²) < 4.78 is 0. The number of Topliss-reactive ketones (excluding diaryl/α,β-unsaturated/α-hetero) is 1. The zero-order valence-corrected chi connectivity index (χ0v) is 16.5. The number of carbonyl (C=O) groups excluding carboxylic acids is 1. The number of unbranched alkanes of at least 4 members (excludes halogenated alkanes) is 13. The molecule has 1 nitrogen and oxygen atoms in total. The average Bonchev–Trinajstić information content (AvgIpc) is 2.55. The van der Waals surface area contributed by atoms with Gasteiger partial charge in [0.25, 0.3) is 0 Å². The molecule has 1 atom stereocenters. The Morgan fingerprint density at radius 2 is 1.00 bits per heavy atom. The third-order valence-electron chi connectivity index (χ3n) is 5.07. The highest BCUT2D eigenvalue weighted by atomic mass is 16.1. The fourth-order valence-electron chi connectivity index (χ4n) is 3.25. The monoisotopic (exact) mass is 324 g/mol. The molecule has 0 aliphatic carbocycles. The van der Waals surface area contributed by atoms with Crippen LogP contribution in [0.2, 0.25) is 0 Å². The maximum absolute atomic E-state index is 12.0. The summed E-state index contributed by atoms with van der Waals surface area (Å²) in [5.74, 6) is 0.808. The van der Waals surface area contributed by atoms with E-state index in [1.807, 2.05) is 0 Å². The highest BCUT2D eigenvalue weighted by Gasteiger charge is 2.11. The second-order valence-corrected chi connectivity index (χ2v) is 7.50. The van der Waals surface area contributed by atoms with Gasteiger partial charge in [0.05, 0.1) is 0 Å². The van der Waals surface area contributed by atoms with Crippen LogP contribution < -0.4 is 0 Å². The Bertz CT molecular complexity index is 246. The summed E-state index contributed by atoms with van der Waals surface area (Å²) in [7, 11) is 0. The Hall–Kier alpha value is -0.330. The summed E-state index contributed by atoms with van der Waals surface area (Å²) in [4.78, 5) is 12.0. The molecule has 0 aromatic rings. The second kappa shape index (κ2) is 18.0. The first-order valence-electron chi connectivity index (χ1n) is 10.7. The summed E-state index contributed by atoms with van der Waals surface area (Å²) in [5, 5.41) is 0. The van der Waals surface area contributed by atoms with Crippen molar-refractivity contribution in [2.75, 3.05) is 0 Å². The van der Waals surface area contributed by atoms with Gasteiger partial charge < -0.3 is 0 Å². The first kappa shape index (κ1) is 22.7. The zero-order chi connectivity index (χ0) is 17.2. The molecule has 0 saturated heterocycles. The molecule has 23 heavy (non-hydrogen) atoms. The third kappa shape index (κ3) is 16.3. The second-order valence-electron chi connectivity index (χ2n) is 7.50. The maximum Gasteiger partial charge on any atom is 0.135 e. The lowest BCUT2D eigenvalue weighted by atomic mass is 9.95. The van der Waals surface area contributed by atoms with Crippen molar-refractivity contribution in [3.63, 3.8) is 0 Å². The molecule has 0 aliphatic heterocycles. The lowest BCUT2D eigenvalue weighted by Gasteiger charge is -2.09. The van der Waals surface area contributed by atoms with Gasteiger partial charge in [-0.1, -0.05) is 111 Å². The molecule has 1 unspecified atom stereocenters. The highest BCUT2D eigenvalue weighted by Crippen LogP contribution is 2.16. The molecule has 138 valence electrons. The number of hydrogen-bond acceptors (Lipinski definition) is 1. The predicted molar refractivity (Wildman–Crippen MR) is 104 cm³/mol. The van der Waals surface area contributed by atoms with Gasteiger partial charge in [-0.15, -0.1) is 0 Å². The molecule has 0 bridgehead atoms. The first-order valence-corrected chi connectivity index (χ1v) is 10.7. The number of rotatable bonds is 18. The Labute approximate surface area is 147 Å². The standard InChI is InChI=1S/C22H44O/c1-4-6-8-9-10-11-12-13-14-15-16-18-20-22(23)21(3)19-17-7-5-2/h21H,4-20H2,1-3H3. The van der Waals surface area contributed by atoms with E-state index in [2.05, 4.69) is 20.8 Å². The number of carbonyl (C=O) groups is 1. The highest BCUT2D eigenvalue weighted by molar-refractivity contribution is 5.80. The van der Waals surface area contributed by atoms with Crippen LogP contribution in [0.1, 0.15) is 130 Å². The van der Waals surface area contributed by atoms with Gasteiger partial charge in [-0.25, -0.2) is 0 Å². The molecule has 0 spiro atoms. The van der Waals surface area contributed by atoms with Crippen LogP contribution in [0.3, 0.4) is 0 Å². The van der Waals surface area contributed by atoms with Crippen LogP contribution in [0.25, 0.3) is 0 Å². The topological polar surface area (TPSA) is 17.1 Å². The fraction of sp³-hybridized carbons (Fsp3) is 0.955. The van der Waals surface area contributed by atoms with E-state index >= 15 is 0 Å². The molecule has 0 aliphatic rings. The van der Waals surface area contributed by atoms with Gasteiger partial charge in [-0.3, -0.25) is 4.79 Å². The van der Waals surface area contributed by atoms with E-state index in [1.165, 1.54) is 89.9 Å². The molecular formula is C22H44O. The molecule has 0 aromatic carbocycles. The summed E-state index contributed by atoms with van der Waals surface area (Å²) in [6.07, 6.45) is 22.0. The molecule has 0 heterocycles. The summed E-state index contributed by atoms with van der Waals surface area (Å²) in [6, 6.07) is 0. The van der Waals surface area contributed by atoms with E-state index in [1.54, 1.807) is 0 Å². The van der Waals surface area contributed by atoms with Crippen LogP contribution in [-0.4, -0.2) is 5.78 Å². The van der Waals surface area contributed by atoms with E-state index < -0.39 is 0 Å². The van der Waals surface area contributed by atoms with Crippen molar-refractivity contribution in [3.05, 3.63) is 0 Å². The molecular weight excluding hydrogens is 280 g/mol. The van der Waals surface area contributed by atoms with Crippen LogP contribution in [-0.2, 0) is 4.79 Å². The Morgan fingerprint density at radius 1 is 0.609 bits per heavy atom. The number of ketones is 1. The minimum Gasteiger partial charge on any atom is -0.299 e. The van der Waals surface area contributed by atoms with Crippen LogP contribution in [0.4, 0.5) is 0 Å². The quantitative estimate of drug-likeness (QED) is 0.234. The maximum atomic E-state index is 12.0. The summed E-state index contributed by atoms with van der Waals surface area (Å²) in [5.41, 5.74) is 0. The summed E-state index contributed by atoms with van der Waals surface area (Å²) in [6.45, 7) is 6.62. The molecule has 0 amide bonds. The smallest absolute Gasteiger partial charge is 0.135 e. The van der Waals surface area contributed by atoms with Crippen molar-refractivity contribution in [3.8, 4) is 0 Å². The third-order valence-corrected chi connectivity index (χ3v) is 5.07. The van der Waals surface area contributed by atoms with Gasteiger partial charge in [0.2, 0.25) is 0 Å². The summed E-state index contributed by atoms with van der Waals surface area (Å²) >= 11 is 0. The van der Waals surface area contributed by atoms with Crippen LogP contribution in [0, 0.1) is 5.92 Å². The van der Waals surface area contributed by atoms with Gasteiger partial charge in [0.15, 0.2) is 0 Å². The minimum absolute atomic E-state index is 0.300. The SMILES string of the molecule is CCCCCCCCCCCCCCC(=O)C(C)CCCCC. The molecule has 0 saturated carbocycles. The molecule has 1 heteroatoms. The van der Waals surface area contributed by atoms with Crippen molar-refractivity contribution in [1.82, 2.24) is 0 Å². The van der Waals surface area contributed by atoms with Crippen molar-refractivity contribution < 1.29 is 4.79 Å². The number of hydrogen-bond donors (Lipinski definition) is 0. The van der Waals surface area contributed by atoms with Crippen LogP contribution in [0.5, 0.6) is 0 Å². The molecule has 0 rings (SSSR count). The Kier molecular flexibility index (Phi) is 17.8. The van der Waals surface area contributed by atoms with Crippen LogP contribution >= 0.6 is 0 Å². The normalized spacial score (nSPS) is 12.5. The van der Waals surface area contributed by atoms with Gasteiger partial charge in [-0.05, 0) is 12.8 Å². The van der Waals surface area contributed by atoms with E-state index in [0.717, 1.165) is 19.3 Å². The Morgan fingerprint density at radius 3 is 1.48 bits per heavy atom. The fourth-order valence-corrected chi connectivity index (χ4v) is 3.25. The molecule has 0 radical (unpaired) electrons. The van der Waals surface area contributed by atoms with E-state index in [-0.39, 0.29) is 0 Å². The van der Waals surface area contributed by atoms with Crippen molar-refractivity contribution in [2.45, 2.75) is 130 Å². The molecule has 0 N–H and O–H groups in total. The molecule has 0 aromatic heterocycles. The molecule has 0 fully saturated rings. The lowest BCUT2D eigenvalue weighted by molar-refractivity contribution is -0.122. The first-order chi connectivity index (χ1) is 11.2. The van der Waals surface area contributed by atoms with Gasteiger partial charge in [-0.2, -0.15) is 0 Å². The zero-order valence-electron chi connectivity index (χ0n) is 16.5. The average molecular weight is 325 g/mol. The lowest BCUT2D eigenvalue weighted by Crippen LogP contribution is -2.10. The van der Waals surface area contributed by atoms with Crippen molar-refractivity contribution in [2.24, 2.45) is 5.92 Å². The van der Waals surface area contributed by atoms with Gasteiger partial charge in [0, 0.05) is 12.3 Å². The van der Waals surface area contributed by atoms with Gasteiger partial charge >= 0.3 is 0 Å². The van der Waals surface area contributed by atoms with E-state index in [0.29, 0.717) is 11.7 Å². The largest absolute Gasteiger partial charge is 0.299 e. The van der Waals surface area contributed by atoms with Crippen molar-refractivity contribution in [1.29, 1.82) is 0 Å². The van der Waals surface area contributed by atoms with Crippen molar-refractivity contribution >= 4 is 5.78 Å². The van der Waals surface area contributed by atoms with Crippen LogP contribution in [0.15, 0.2) is 0 Å². The Balaban J connectivity index is 3.24.